The molecule has 0 radical (unpaired) electrons. The molecule has 0 unspecified atom stereocenters. The van der Waals surface area contributed by atoms with Gasteiger partial charge >= 0.3 is 0 Å². The number of benzene rings is 1. The summed E-state index contributed by atoms with van der Waals surface area (Å²) in [5.74, 6) is 0.158. The third kappa shape index (κ3) is 3.70. The van der Waals surface area contributed by atoms with Crippen molar-refractivity contribution < 1.29 is 19.1 Å². The maximum Gasteiger partial charge on any atom is 0.287 e. The van der Waals surface area contributed by atoms with Gasteiger partial charge in [0, 0.05) is 18.7 Å². The topological polar surface area (TPSA) is 120 Å². The Balaban J connectivity index is 1.94. The van der Waals surface area contributed by atoms with Gasteiger partial charge in [0.1, 0.15) is 15.8 Å². The number of nitro groups is 2. The number of amides is 1. The summed E-state index contributed by atoms with van der Waals surface area (Å²) >= 11 is 6.27. The number of thioether (sulfide) groups is 1. The lowest BCUT2D eigenvalue weighted by molar-refractivity contribution is -0.393. The molecular formula is C17H11N3O6S2. The van der Waals surface area contributed by atoms with E-state index in [4.69, 9.17) is 16.6 Å². The van der Waals surface area contributed by atoms with Gasteiger partial charge in [-0.15, -0.1) is 6.58 Å². The van der Waals surface area contributed by atoms with Gasteiger partial charge in [0.25, 0.3) is 17.3 Å². The first-order valence-electron chi connectivity index (χ1n) is 7.71. The number of carbonyl (C=O) groups excluding carboxylic acids is 1. The lowest BCUT2D eigenvalue weighted by Crippen LogP contribution is -2.27. The lowest BCUT2D eigenvalue weighted by atomic mass is 10.1. The molecule has 1 amide bonds. The quantitative estimate of drug-likeness (QED) is 0.226. The van der Waals surface area contributed by atoms with Crippen molar-refractivity contribution in [1.82, 2.24) is 4.90 Å². The first-order valence-corrected chi connectivity index (χ1v) is 8.93. The molecule has 0 atom stereocenters. The number of rotatable bonds is 6. The SMILES string of the molecule is C=CCN1C(=O)/C(=C/c2ccc(-c3ccc([N+](=O)[O-])cc3[N+](=O)[O-])o2)SC1=S. The van der Waals surface area contributed by atoms with Gasteiger partial charge < -0.3 is 4.42 Å². The van der Waals surface area contributed by atoms with Crippen LogP contribution in [0.15, 0.2) is 52.3 Å². The first-order chi connectivity index (χ1) is 13.3. The smallest absolute Gasteiger partial charge is 0.287 e. The van der Waals surface area contributed by atoms with Gasteiger partial charge in [-0.2, -0.15) is 0 Å². The van der Waals surface area contributed by atoms with Gasteiger partial charge in [-0.1, -0.05) is 30.1 Å². The van der Waals surface area contributed by atoms with Crippen molar-refractivity contribution in [1.29, 1.82) is 0 Å². The lowest BCUT2D eigenvalue weighted by Gasteiger charge is -2.10. The molecule has 1 saturated heterocycles. The number of nitro benzene ring substituents is 2. The molecule has 2 heterocycles. The molecule has 1 aliphatic heterocycles. The Bertz CT molecular complexity index is 1060. The summed E-state index contributed by atoms with van der Waals surface area (Å²) in [6.07, 6.45) is 3.05. The number of furan rings is 1. The summed E-state index contributed by atoms with van der Waals surface area (Å²) in [5, 5.41) is 22.1. The van der Waals surface area contributed by atoms with Crippen molar-refractivity contribution in [2.75, 3.05) is 6.54 Å². The Labute approximate surface area is 167 Å². The molecule has 142 valence electrons. The second-order valence-corrected chi connectivity index (χ2v) is 7.17. The van der Waals surface area contributed by atoms with E-state index < -0.39 is 21.2 Å². The van der Waals surface area contributed by atoms with Crippen LogP contribution in [-0.4, -0.2) is 31.5 Å². The van der Waals surface area contributed by atoms with Crippen molar-refractivity contribution in [2.45, 2.75) is 0 Å². The zero-order chi connectivity index (χ0) is 20.4. The van der Waals surface area contributed by atoms with Crippen LogP contribution in [0.2, 0.25) is 0 Å². The average Bonchev–Trinajstić information content (AvgIpc) is 3.22. The van der Waals surface area contributed by atoms with E-state index in [9.17, 15) is 25.0 Å². The Kier molecular flexibility index (Phi) is 5.38. The van der Waals surface area contributed by atoms with E-state index in [1.165, 1.54) is 23.1 Å². The van der Waals surface area contributed by atoms with Crippen LogP contribution in [0.25, 0.3) is 17.4 Å². The monoisotopic (exact) mass is 417 g/mol. The summed E-state index contributed by atoms with van der Waals surface area (Å²) < 4.78 is 6.00. The molecule has 11 heteroatoms. The van der Waals surface area contributed by atoms with Crippen LogP contribution >= 0.6 is 24.0 Å². The van der Waals surface area contributed by atoms with E-state index in [0.717, 1.165) is 23.9 Å². The summed E-state index contributed by atoms with van der Waals surface area (Å²) in [6, 6.07) is 6.32. The Morgan fingerprint density at radius 1 is 1.21 bits per heavy atom. The van der Waals surface area contributed by atoms with E-state index >= 15 is 0 Å². The van der Waals surface area contributed by atoms with Crippen LogP contribution < -0.4 is 0 Å². The molecule has 0 saturated carbocycles. The summed E-state index contributed by atoms with van der Waals surface area (Å²) in [6.45, 7) is 3.87. The highest BCUT2D eigenvalue weighted by Crippen LogP contribution is 2.36. The molecule has 1 fully saturated rings. The molecule has 1 aromatic carbocycles. The van der Waals surface area contributed by atoms with Crippen LogP contribution in [-0.2, 0) is 4.79 Å². The Morgan fingerprint density at radius 3 is 2.61 bits per heavy atom. The molecule has 9 nitrogen and oxygen atoms in total. The third-order valence-electron chi connectivity index (χ3n) is 3.74. The predicted octanol–water partition coefficient (Wildman–Crippen LogP) is 4.15. The van der Waals surface area contributed by atoms with Crippen LogP contribution in [0.1, 0.15) is 5.76 Å². The molecule has 0 bridgehead atoms. The molecule has 0 spiro atoms. The zero-order valence-corrected chi connectivity index (χ0v) is 15.7. The van der Waals surface area contributed by atoms with Gasteiger partial charge in [-0.3, -0.25) is 29.9 Å². The van der Waals surface area contributed by atoms with E-state index in [1.807, 2.05) is 0 Å². The summed E-state index contributed by atoms with van der Waals surface area (Å²) in [4.78, 5) is 34.8. The maximum absolute atomic E-state index is 12.3. The minimum Gasteiger partial charge on any atom is -0.456 e. The molecule has 1 aromatic heterocycles. The van der Waals surface area contributed by atoms with Crippen molar-refractivity contribution in [2.24, 2.45) is 0 Å². The van der Waals surface area contributed by atoms with Gasteiger partial charge in [-0.25, -0.2) is 0 Å². The van der Waals surface area contributed by atoms with Gasteiger partial charge in [-0.05, 0) is 18.2 Å². The minimum atomic E-state index is -0.717. The van der Waals surface area contributed by atoms with Crippen LogP contribution in [0, 0.1) is 20.2 Å². The second-order valence-electron chi connectivity index (χ2n) is 5.50. The Hall–Kier alpha value is -3.31. The number of carbonyl (C=O) groups is 1. The highest BCUT2D eigenvalue weighted by Gasteiger charge is 2.31. The van der Waals surface area contributed by atoms with Crippen molar-refractivity contribution in [3.8, 4) is 11.3 Å². The number of non-ortho nitro benzene ring substituents is 1. The van der Waals surface area contributed by atoms with Crippen LogP contribution in [0.4, 0.5) is 11.4 Å². The van der Waals surface area contributed by atoms with E-state index in [1.54, 1.807) is 12.1 Å². The molecular weight excluding hydrogens is 406 g/mol. The third-order valence-corrected chi connectivity index (χ3v) is 5.12. The average molecular weight is 417 g/mol. The number of hydrogen-bond donors (Lipinski definition) is 0. The molecule has 2 aromatic rings. The minimum absolute atomic E-state index is 0.0921. The fraction of sp³-hybridized carbons (Fsp3) is 0.0588. The maximum atomic E-state index is 12.3. The number of nitrogens with zero attached hydrogens (tertiary/aromatic N) is 3. The van der Waals surface area contributed by atoms with E-state index in [-0.39, 0.29) is 17.2 Å². The summed E-state index contributed by atoms with van der Waals surface area (Å²) in [7, 11) is 0. The van der Waals surface area contributed by atoms with E-state index in [0.29, 0.717) is 21.5 Å². The zero-order valence-electron chi connectivity index (χ0n) is 14.1. The fourth-order valence-corrected chi connectivity index (χ4v) is 3.74. The molecule has 0 N–H and O–H groups in total. The van der Waals surface area contributed by atoms with Gasteiger partial charge in [0.05, 0.1) is 26.4 Å². The van der Waals surface area contributed by atoms with Crippen LogP contribution in [0.5, 0.6) is 0 Å². The number of hydrogen-bond acceptors (Lipinski definition) is 8. The Morgan fingerprint density at radius 2 is 1.96 bits per heavy atom. The van der Waals surface area contributed by atoms with E-state index in [2.05, 4.69) is 6.58 Å². The van der Waals surface area contributed by atoms with Gasteiger partial charge in [0.15, 0.2) is 0 Å². The highest BCUT2D eigenvalue weighted by atomic mass is 32.2. The predicted molar refractivity (Wildman–Crippen MR) is 108 cm³/mol. The normalized spacial score (nSPS) is 15.3. The molecule has 1 aliphatic rings. The number of thiocarbonyl (C=S) groups is 1. The molecule has 28 heavy (non-hydrogen) atoms. The van der Waals surface area contributed by atoms with Gasteiger partial charge in [0.2, 0.25) is 0 Å². The standard InChI is InChI=1S/C17H11N3O6S2/c1-2-7-18-16(21)15(28-17(18)27)9-11-4-6-14(26-11)12-5-3-10(19(22)23)8-13(12)20(24)25/h2-6,8-9H,1,7H2/b15-9-. The van der Waals surface area contributed by atoms with Crippen LogP contribution in [0.3, 0.4) is 0 Å². The second kappa shape index (κ2) is 7.74. The largest absolute Gasteiger partial charge is 0.456 e. The summed E-state index contributed by atoms with van der Waals surface area (Å²) in [5.41, 5.74) is -0.755. The first kappa shape index (κ1) is 19.5. The fourth-order valence-electron chi connectivity index (χ4n) is 2.48. The molecule has 3 rings (SSSR count). The highest BCUT2D eigenvalue weighted by molar-refractivity contribution is 8.26. The van der Waals surface area contributed by atoms with Crippen molar-refractivity contribution in [3.05, 3.63) is 73.9 Å². The van der Waals surface area contributed by atoms with Crippen molar-refractivity contribution in [3.63, 3.8) is 0 Å². The van der Waals surface area contributed by atoms with Crippen molar-refractivity contribution >= 4 is 51.7 Å². The molecule has 0 aliphatic carbocycles.